The molecule has 2 aromatic carbocycles. The average Bonchev–Trinajstić information content (AvgIpc) is 3.09. The number of nitrogens with zero attached hydrogens (tertiary/aromatic N) is 2. The van der Waals surface area contributed by atoms with Gasteiger partial charge in [-0.2, -0.15) is 0 Å². The third-order valence-electron chi connectivity index (χ3n) is 3.53. The standard InChI is InChI=1S/C18H17N3O5S/c1-2-25-14-10-8-13(9-11-14)17(22)19-18-21-20-16(26-18)12-27(23,24)15-6-4-3-5-7-15/h3-11H,2,12H2,1H3,(H,19,21,22). The fourth-order valence-electron chi connectivity index (χ4n) is 2.27. The van der Waals surface area contributed by atoms with Gasteiger partial charge in [-0.1, -0.05) is 23.3 Å². The molecule has 3 aromatic rings. The molecule has 0 aliphatic heterocycles. The number of carbonyl (C=O) groups excluding carboxylic acids is 1. The van der Waals surface area contributed by atoms with E-state index in [4.69, 9.17) is 9.15 Å². The summed E-state index contributed by atoms with van der Waals surface area (Å²) in [6, 6.07) is 14.3. The Balaban J connectivity index is 1.66. The van der Waals surface area contributed by atoms with Crippen LogP contribution in [0.3, 0.4) is 0 Å². The highest BCUT2D eigenvalue weighted by Crippen LogP contribution is 2.17. The minimum absolute atomic E-state index is 0.110. The third kappa shape index (κ3) is 4.70. The van der Waals surface area contributed by atoms with Gasteiger partial charge >= 0.3 is 6.01 Å². The number of ether oxygens (including phenoxy) is 1. The number of rotatable bonds is 7. The predicted octanol–water partition coefficient (Wildman–Crippen LogP) is 2.69. The van der Waals surface area contributed by atoms with Crippen molar-refractivity contribution in [1.29, 1.82) is 0 Å². The van der Waals surface area contributed by atoms with Crippen LogP contribution >= 0.6 is 0 Å². The van der Waals surface area contributed by atoms with Crippen LogP contribution in [0.15, 0.2) is 63.9 Å². The van der Waals surface area contributed by atoms with Gasteiger partial charge in [0.05, 0.1) is 11.5 Å². The molecule has 0 spiro atoms. The van der Waals surface area contributed by atoms with Crippen LogP contribution in [0.4, 0.5) is 6.01 Å². The number of aromatic nitrogens is 2. The molecule has 0 saturated heterocycles. The molecule has 0 aliphatic carbocycles. The van der Waals surface area contributed by atoms with Crippen molar-refractivity contribution in [3.05, 3.63) is 66.1 Å². The molecule has 1 amide bonds. The van der Waals surface area contributed by atoms with Crippen molar-refractivity contribution in [3.8, 4) is 5.75 Å². The molecule has 140 valence electrons. The van der Waals surface area contributed by atoms with E-state index in [0.29, 0.717) is 17.9 Å². The SMILES string of the molecule is CCOc1ccc(C(=O)Nc2nnc(CS(=O)(=O)c3ccccc3)o2)cc1. The number of sulfone groups is 1. The molecule has 0 fully saturated rings. The highest BCUT2D eigenvalue weighted by atomic mass is 32.2. The number of amides is 1. The number of nitrogens with one attached hydrogen (secondary N) is 1. The van der Waals surface area contributed by atoms with Gasteiger partial charge in [0, 0.05) is 5.56 Å². The minimum Gasteiger partial charge on any atom is -0.494 e. The zero-order chi connectivity index (χ0) is 19.3. The van der Waals surface area contributed by atoms with Gasteiger partial charge in [0.15, 0.2) is 9.84 Å². The molecule has 0 atom stereocenters. The van der Waals surface area contributed by atoms with E-state index in [1.54, 1.807) is 42.5 Å². The molecule has 0 radical (unpaired) electrons. The van der Waals surface area contributed by atoms with E-state index in [1.165, 1.54) is 12.1 Å². The summed E-state index contributed by atoms with van der Waals surface area (Å²) < 4.78 is 35.2. The lowest BCUT2D eigenvalue weighted by Crippen LogP contribution is -2.12. The molecule has 0 unspecified atom stereocenters. The fourth-order valence-corrected chi connectivity index (χ4v) is 3.45. The first-order chi connectivity index (χ1) is 13.0. The van der Waals surface area contributed by atoms with Crippen LogP contribution in [0.25, 0.3) is 0 Å². The smallest absolute Gasteiger partial charge is 0.322 e. The first-order valence-corrected chi connectivity index (χ1v) is 9.77. The maximum absolute atomic E-state index is 12.3. The van der Waals surface area contributed by atoms with Gasteiger partial charge in [-0.25, -0.2) is 8.42 Å². The first kappa shape index (κ1) is 18.6. The van der Waals surface area contributed by atoms with E-state index in [0.717, 1.165) is 0 Å². The van der Waals surface area contributed by atoms with Gasteiger partial charge in [0.25, 0.3) is 5.91 Å². The van der Waals surface area contributed by atoms with Gasteiger partial charge in [-0.05, 0) is 43.3 Å². The molecule has 1 aromatic heterocycles. The molecule has 0 bridgehead atoms. The second-order valence-electron chi connectivity index (χ2n) is 5.48. The molecule has 3 rings (SSSR count). The van der Waals surface area contributed by atoms with Crippen LogP contribution in [0, 0.1) is 0 Å². The Morgan fingerprint density at radius 3 is 2.44 bits per heavy atom. The number of anilines is 1. The summed E-state index contributed by atoms with van der Waals surface area (Å²) in [7, 11) is -3.61. The summed E-state index contributed by atoms with van der Waals surface area (Å²) in [6.45, 7) is 2.40. The minimum atomic E-state index is -3.61. The highest BCUT2D eigenvalue weighted by Gasteiger charge is 2.20. The molecule has 9 heteroatoms. The number of hydrogen-bond acceptors (Lipinski definition) is 7. The van der Waals surface area contributed by atoms with Crippen LogP contribution in [-0.2, 0) is 15.6 Å². The van der Waals surface area contributed by atoms with Crippen LogP contribution in [0.1, 0.15) is 23.2 Å². The third-order valence-corrected chi connectivity index (χ3v) is 5.15. The van der Waals surface area contributed by atoms with Gasteiger partial charge in [0.1, 0.15) is 11.5 Å². The van der Waals surface area contributed by atoms with Gasteiger partial charge < -0.3 is 9.15 Å². The summed E-state index contributed by atoms with van der Waals surface area (Å²) in [5.74, 6) is -0.372. The normalized spacial score (nSPS) is 11.1. The number of hydrogen-bond donors (Lipinski definition) is 1. The predicted molar refractivity (Wildman–Crippen MR) is 97.2 cm³/mol. The Kier molecular flexibility index (Phi) is 5.51. The van der Waals surface area contributed by atoms with Crippen molar-refractivity contribution in [1.82, 2.24) is 10.2 Å². The summed E-state index contributed by atoms with van der Waals surface area (Å²) in [5.41, 5.74) is 0.370. The largest absolute Gasteiger partial charge is 0.494 e. The Hall–Kier alpha value is -3.20. The molecule has 27 heavy (non-hydrogen) atoms. The molecule has 8 nitrogen and oxygen atoms in total. The second-order valence-corrected chi connectivity index (χ2v) is 7.47. The summed E-state index contributed by atoms with van der Waals surface area (Å²) in [5, 5.41) is 9.79. The Labute approximate surface area is 156 Å². The molecule has 0 aliphatic rings. The first-order valence-electron chi connectivity index (χ1n) is 8.12. The lowest BCUT2D eigenvalue weighted by Gasteiger charge is -2.04. The highest BCUT2D eigenvalue weighted by molar-refractivity contribution is 7.90. The molecular formula is C18H17N3O5S. The van der Waals surface area contributed by atoms with E-state index in [-0.39, 0.29) is 16.8 Å². The van der Waals surface area contributed by atoms with Crippen molar-refractivity contribution in [2.24, 2.45) is 0 Å². The van der Waals surface area contributed by atoms with Crippen LogP contribution in [-0.4, -0.2) is 31.1 Å². The van der Waals surface area contributed by atoms with E-state index < -0.39 is 21.5 Å². The fraction of sp³-hybridized carbons (Fsp3) is 0.167. The quantitative estimate of drug-likeness (QED) is 0.663. The van der Waals surface area contributed by atoms with Crippen molar-refractivity contribution in [3.63, 3.8) is 0 Å². The van der Waals surface area contributed by atoms with Crippen molar-refractivity contribution >= 4 is 21.8 Å². The molecular weight excluding hydrogens is 370 g/mol. The lowest BCUT2D eigenvalue weighted by atomic mass is 10.2. The van der Waals surface area contributed by atoms with Gasteiger partial charge in [0.2, 0.25) is 5.89 Å². The summed E-state index contributed by atoms with van der Waals surface area (Å²) in [4.78, 5) is 12.4. The van der Waals surface area contributed by atoms with Crippen molar-refractivity contribution < 1.29 is 22.4 Å². The van der Waals surface area contributed by atoms with Crippen LogP contribution in [0.2, 0.25) is 0 Å². The zero-order valence-corrected chi connectivity index (χ0v) is 15.3. The van der Waals surface area contributed by atoms with Crippen LogP contribution in [0.5, 0.6) is 5.75 Å². The second kappa shape index (κ2) is 8.00. The van der Waals surface area contributed by atoms with Crippen molar-refractivity contribution in [2.45, 2.75) is 17.6 Å². The van der Waals surface area contributed by atoms with Crippen LogP contribution < -0.4 is 10.1 Å². The van der Waals surface area contributed by atoms with E-state index >= 15 is 0 Å². The Morgan fingerprint density at radius 1 is 1.07 bits per heavy atom. The maximum atomic E-state index is 12.3. The number of benzene rings is 2. The Bertz CT molecular complexity index is 1010. The van der Waals surface area contributed by atoms with Crippen molar-refractivity contribution in [2.75, 3.05) is 11.9 Å². The summed E-state index contributed by atoms with van der Waals surface area (Å²) >= 11 is 0. The Morgan fingerprint density at radius 2 is 1.78 bits per heavy atom. The topological polar surface area (TPSA) is 111 Å². The molecule has 1 N–H and O–H groups in total. The molecule has 1 heterocycles. The van der Waals surface area contributed by atoms with E-state index in [1.807, 2.05) is 6.92 Å². The molecule has 0 saturated carbocycles. The van der Waals surface area contributed by atoms with E-state index in [9.17, 15) is 13.2 Å². The summed E-state index contributed by atoms with van der Waals surface area (Å²) in [6.07, 6.45) is 0. The zero-order valence-electron chi connectivity index (χ0n) is 14.5. The van der Waals surface area contributed by atoms with Gasteiger partial charge in [-0.3, -0.25) is 10.1 Å². The number of carbonyl (C=O) groups is 1. The lowest BCUT2D eigenvalue weighted by molar-refractivity contribution is 0.102. The maximum Gasteiger partial charge on any atom is 0.322 e. The van der Waals surface area contributed by atoms with E-state index in [2.05, 4.69) is 15.5 Å². The average molecular weight is 387 g/mol. The van der Waals surface area contributed by atoms with Gasteiger partial charge in [-0.15, -0.1) is 5.10 Å². The monoisotopic (exact) mass is 387 g/mol.